The standard InChI is InChI=1S/C22H23N3O4/c1-25(2)22-23-19(28-14-16-10-6-4-7-11-16)18(21(26)27-3)20(24-22)29-15-17-12-8-5-9-13-17/h4-13H,14-15H2,1-3H3. The van der Waals surface area contributed by atoms with Crippen molar-refractivity contribution >= 4 is 11.9 Å². The number of nitrogens with zero attached hydrogens (tertiary/aromatic N) is 3. The van der Waals surface area contributed by atoms with Crippen LogP contribution >= 0.6 is 0 Å². The van der Waals surface area contributed by atoms with E-state index in [4.69, 9.17) is 14.2 Å². The molecule has 3 aromatic rings. The van der Waals surface area contributed by atoms with Gasteiger partial charge in [0, 0.05) is 14.1 Å². The molecule has 0 aliphatic rings. The van der Waals surface area contributed by atoms with Crippen molar-refractivity contribution in [1.82, 2.24) is 9.97 Å². The average molecular weight is 393 g/mol. The SMILES string of the molecule is COC(=O)c1c(OCc2ccccc2)nc(N(C)C)nc1OCc1ccccc1. The molecule has 0 radical (unpaired) electrons. The highest BCUT2D eigenvalue weighted by atomic mass is 16.5. The molecule has 0 saturated carbocycles. The fourth-order valence-electron chi connectivity index (χ4n) is 2.55. The summed E-state index contributed by atoms with van der Waals surface area (Å²) in [5, 5.41) is 0. The normalized spacial score (nSPS) is 10.3. The molecule has 150 valence electrons. The molecule has 29 heavy (non-hydrogen) atoms. The summed E-state index contributed by atoms with van der Waals surface area (Å²) in [5.41, 5.74) is 1.95. The Morgan fingerprint density at radius 2 is 1.28 bits per heavy atom. The number of hydrogen-bond donors (Lipinski definition) is 0. The highest BCUT2D eigenvalue weighted by molar-refractivity contribution is 5.94. The lowest BCUT2D eigenvalue weighted by Gasteiger charge is -2.17. The lowest BCUT2D eigenvalue weighted by Crippen LogP contribution is -2.18. The first-order valence-electron chi connectivity index (χ1n) is 9.09. The van der Waals surface area contributed by atoms with Crippen LogP contribution in [0.3, 0.4) is 0 Å². The predicted octanol–water partition coefficient (Wildman–Crippen LogP) is 3.49. The second-order valence-electron chi connectivity index (χ2n) is 6.44. The summed E-state index contributed by atoms with van der Waals surface area (Å²) in [5.74, 6) is -0.0323. The minimum atomic E-state index is -0.624. The van der Waals surface area contributed by atoms with E-state index in [1.165, 1.54) is 7.11 Å². The van der Waals surface area contributed by atoms with Crippen LogP contribution in [-0.2, 0) is 18.0 Å². The zero-order valence-corrected chi connectivity index (χ0v) is 16.7. The van der Waals surface area contributed by atoms with Crippen LogP contribution < -0.4 is 14.4 Å². The zero-order valence-electron chi connectivity index (χ0n) is 16.7. The van der Waals surface area contributed by atoms with Gasteiger partial charge in [-0.15, -0.1) is 0 Å². The largest absolute Gasteiger partial charge is 0.472 e. The maximum absolute atomic E-state index is 12.5. The summed E-state index contributed by atoms with van der Waals surface area (Å²) >= 11 is 0. The number of aromatic nitrogens is 2. The fraction of sp³-hybridized carbons (Fsp3) is 0.227. The smallest absolute Gasteiger partial charge is 0.349 e. The number of methoxy groups -OCH3 is 1. The van der Waals surface area contributed by atoms with Crippen molar-refractivity contribution in [2.45, 2.75) is 13.2 Å². The summed E-state index contributed by atoms with van der Waals surface area (Å²) in [6, 6.07) is 19.2. The average Bonchev–Trinajstić information content (AvgIpc) is 2.76. The molecule has 2 aromatic carbocycles. The first-order chi connectivity index (χ1) is 14.1. The summed E-state index contributed by atoms with van der Waals surface area (Å²) in [6.07, 6.45) is 0. The van der Waals surface area contributed by atoms with Gasteiger partial charge in [0.1, 0.15) is 13.2 Å². The molecule has 7 nitrogen and oxygen atoms in total. The molecule has 0 aliphatic carbocycles. The summed E-state index contributed by atoms with van der Waals surface area (Å²) < 4.78 is 16.7. The lowest BCUT2D eigenvalue weighted by molar-refractivity contribution is 0.0587. The Kier molecular flexibility index (Phi) is 6.63. The van der Waals surface area contributed by atoms with Crippen molar-refractivity contribution in [1.29, 1.82) is 0 Å². The van der Waals surface area contributed by atoms with Crippen molar-refractivity contribution in [2.75, 3.05) is 26.1 Å². The van der Waals surface area contributed by atoms with E-state index in [2.05, 4.69) is 9.97 Å². The molecule has 0 saturated heterocycles. The van der Waals surface area contributed by atoms with E-state index in [1.54, 1.807) is 19.0 Å². The molecule has 0 fully saturated rings. The minimum absolute atomic E-state index is 0.0602. The molecular weight excluding hydrogens is 370 g/mol. The molecule has 0 bridgehead atoms. The third-order valence-electron chi connectivity index (χ3n) is 4.06. The Hall–Kier alpha value is -3.61. The van der Waals surface area contributed by atoms with Crippen molar-refractivity contribution in [3.8, 4) is 11.8 Å². The molecule has 7 heteroatoms. The Morgan fingerprint density at radius 3 is 1.66 bits per heavy atom. The van der Waals surface area contributed by atoms with Crippen LogP contribution in [0, 0.1) is 0 Å². The molecule has 1 aromatic heterocycles. The highest BCUT2D eigenvalue weighted by Crippen LogP contribution is 2.30. The maximum Gasteiger partial charge on any atom is 0.349 e. The number of carbonyl (C=O) groups is 1. The summed E-state index contributed by atoms with van der Waals surface area (Å²) in [6.45, 7) is 0.486. The van der Waals surface area contributed by atoms with E-state index in [-0.39, 0.29) is 30.5 Å². The molecule has 0 amide bonds. The summed E-state index contributed by atoms with van der Waals surface area (Å²) in [7, 11) is 4.90. The van der Waals surface area contributed by atoms with E-state index < -0.39 is 5.97 Å². The number of esters is 1. The quantitative estimate of drug-likeness (QED) is 0.542. The second-order valence-corrected chi connectivity index (χ2v) is 6.44. The molecule has 0 spiro atoms. The first-order valence-corrected chi connectivity index (χ1v) is 9.09. The van der Waals surface area contributed by atoms with E-state index in [0.717, 1.165) is 11.1 Å². The van der Waals surface area contributed by atoms with Crippen molar-refractivity contribution < 1.29 is 19.0 Å². The Morgan fingerprint density at radius 1 is 0.828 bits per heavy atom. The number of benzene rings is 2. The van der Waals surface area contributed by atoms with Gasteiger partial charge in [0.25, 0.3) is 0 Å². The molecular formula is C22H23N3O4. The van der Waals surface area contributed by atoms with Gasteiger partial charge >= 0.3 is 5.97 Å². The van der Waals surface area contributed by atoms with Gasteiger partial charge in [-0.2, -0.15) is 9.97 Å². The van der Waals surface area contributed by atoms with E-state index in [0.29, 0.717) is 5.95 Å². The Bertz CT molecular complexity index is 882. The maximum atomic E-state index is 12.5. The van der Waals surface area contributed by atoms with Gasteiger partial charge < -0.3 is 19.1 Å². The van der Waals surface area contributed by atoms with Crippen LogP contribution in [0.2, 0.25) is 0 Å². The Balaban J connectivity index is 1.95. The van der Waals surface area contributed by atoms with Crippen LogP contribution in [0.25, 0.3) is 0 Å². The zero-order chi connectivity index (χ0) is 20.6. The molecule has 1 heterocycles. The topological polar surface area (TPSA) is 73.8 Å². The predicted molar refractivity (Wildman–Crippen MR) is 109 cm³/mol. The molecule has 0 unspecified atom stereocenters. The van der Waals surface area contributed by atoms with Gasteiger partial charge in [0.05, 0.1) is 7.11 Å². The molecule has 0 N–H and O–H groups in total. The molecule has 3 rings (SSSR count). The van der Waals surface area contributed by atoms with Crippen molar-refractivity contribution in [3.05, 3.63) is 77.4 Å². The lowest BCUT2D eigenvalue weighted by atomic mass is 10.2. The van der Waals surface area contributed by atoms with Crippen LogP contribution in [0.4, 0.5) is 5.95 Å². The first kappa shape index (κ1) is 20.1. The van der Waals surface area contributed by atoms with Crippen LogP contribution in [0.1, 0.15) is 21.5 Å². The van der Waals surface area contributed by atoms with Crippen molar-refractivity contribution in [3.63, 3.8) is 0 Å². The number of ether oxygens (including phenoxy) is 3. The van der Waals surface area contributed by atoms with Gasteiger partial charge in [-0.25, -0.2) is 4.79 Å². The van der Waals surface area contributed by atoms with Gasteiger partial charge in [0.15, 0.2) is 5.56 Å². The van der Waals surface area contributed by atoms with Crippen LogP contribution in [0.5, 0.6) is 11.8 Å². The number of rotatable bonds is 8. The second kappa shape index (κ2) is 9.54. The molecule has 0 atom stereocenters. The minimum Gasteiger partial charge on any atom is -0.472 e. The highest BCUT2D eigenvalue weighted by Gasteiger charge is 2.25. The third kappa shape index (κ3) is 5.22. The summed E-state index contributed by atoms with van der Waals surface area (Å²) in [4.78, 5) is 23.0. The number of carbonyl (C=O) groups excluding carboxylic acids is 1. The van der Waals surface area contributed by atoms with Crippen LogP contribution in [0.15, 0.2) is 60.7 Å². The van der Waals surface area contributed by atoms with Crippen LogP contribution in [-0.4, -0.2) is 37.1 Å². The van der Waals surface area contributed by atoms with Gasteiger partial charge in [-0.05, 0) is 11.1 Å². The number of anilines is 1. The van der Waals surface area contributed by atoms with Crippen molar-refractivity contribution in [2.24, 2.45) is 0 Å². The van der Waals surface area contributed by atoms with E-state index in [9.17, 15) is 4.79 Å². The fourth-order valence-corrected chi connectivity index (χ4v) is 2.55. The Labute approximate surface area is 169 Å². The number of hydrogen-bond acceptors (Lipinski definition) is 7. The van der Waals surface area contributed by atoms with Gasteiger partial charge in [-0.3, -0.25) is 0 Å². The van der Waals surface area contributed by atoms with Gasteiger partial charge in [-0.1, -0.05) is 60.7 Å². The third-order valence-corrected chi connectivity index (χ3v) is 4.06. The van der Waals surface area contributed by atoms with E-state index >= 15 is 0 Å². The van der Waals surface area contributed by atoms with E-state index in [1.807, 2.05) is 60.7 Å². The molecule has 0 aliphatic heterocycles. The van der Waals surface area contributed by atoms with Gasteiger partial charge in [0.2, 0.25) is 17.7 Å². The monoisotopic (exact) mass is 393 g/mol.